The number of nitrogens with zero attached hydrogens (tertiary/aromatic N) is 19. The van der Waals surface area contributed by atoms with E-state index in [1.165, 1.54) is 94.6 Å². The highest BCUT2D eigenvalue weighted by atomic mass is 19.3. The summed E-state index contributed by atoms with van der Waals surface area (Å²) in [6, 6.07) is 45.1. The summed E-state index contributed by atoms with van der Waals surface area (Å²) < 4.78 is 27.2. The number of H-pyrrole nitrogens is 4. The number of pyridine rings is 8. The molecule has 708 valence electrons. The molecule has 0 radical (unpaired) electrons. The van der Waals surface area contributed by atoms with Crippen molar-refractivity contribution >= 4 is 119 Å². The third-order valence-electron chi connectivity index (χ3n) is 26.7. The molecular formula is C105H110F2N28O4. The van der Waals surface area contributed by atoms with Crippen LogP contribution >= 0.6 is 0 Å². The molecule has 4 amide bonds. The van der Waals surface area contributed by atoms with Gasteiger partial charge in [-0.15, -0.1) is 0 Å². The lowest BCUT2D eigenvalue weighted by molar-refractivity contribution is 0.0114. The fraction of sp³-hybridized carbons (Fsp3) is 0.314. The Balaban J connectivity index is 0.000000114. The molecule has 0 saturated carbocycles. The fourth-order valence-corrected chi connectivity index (χ4v) is 19.0. The summed E-state index contributed by atoms with van der Waals surface area (Å²) in [5, 5.41) is 43.6. The summed E-state index contributed by atoms with van der Waals surface area (Å²) in [7, 11) is 0. The standard InChI is InChI=1S/C28H31N7O.C27H27F2N7O.C27H29N7O.C23H23N7O/c1-19-12-23(17-30-27(19)35-10-5-11-35)31-28(36)26-24-14-21(6-7-25(24)32-33-26)22-13-20(15-29-16-22)18-34-8-3-2-4-9-34;28-27(29)7-10-35(17-27)16-18-11-20(14-30-13-18)19-3-5-23-22(12-19)25(34-33-23)26(37)32-21-4-6-24(31-15-21)36-8-1-2-9-36;35-27(30-22-6-8-25(29-17-22)34-11-4-12-34)26-23-14-20(5-7-24(23)31-32-26)21-13-19(15-28-16-21)18-33-9-2-1-3-10-33;24-17-10-16(12-25-13-17)15-4-6-20-19(11-15)22(29-28-20)23(31)27-18-5-7-21(26-14-18)30-8-2-1-3-9-30/h6-7,12-17H,2-5,8-11,18H2,1H3,(H,31,36)(H,32,33);3-6,11-15H,1-2,7-10,16-17H2,(H,32,37)(H,33,34);5-8,13-17H,1-4,9-12,18H2,(H,30,35)(H,31,32);4-7,10-14H,1-3,8-9,24H2,(H,27,31)(H,28,29). The maximum absolute atomic E-state index is 13.6. The molecule has 32 nitrogen and oxygen atoms in total. The predicted octanol–water partition coefficient (Wildman–Crippen LogP) is 17.8. The Bertz CT molecular complexity index is 7080. The number of rotatable bonds is 22. The molecule has 34 heteroatoms. The van der Waals surface area contributed by atoms with Crippen molar-refractivity contribution in [1.29, 1.82) is 0 Å². The third kappa shape index (κ3) is 21.9. The van der Waals surface area contributed by atoms with Crippen molar-refractivity contribution in [3.63, 3.8) is 0 Å². The van der Waals surface area contributed by atoms with E-state index in [9.17, 15) is 28.0 Å². The van der Waals surface area contributed by atoms with Crippen LogP contribution in [-0.4, -0.2) is 217 Å². The predicted molar refractivity (Wildman–Crippen MR) is 539 cm³/mol. The van der Waals surface area contributed by atoms with Crippen molar-refractivity contribution in [2.24, 2.45) is 0 Å². The largest absolute Gasteiger partial charge is 0.397 e. The van der Waals surface area contributed by atoms with Crippen molar-refractivity contribution in [2.45, 2.75) is 122 Å². The average molecular weight is 1870 g/mol. The summed E-state index contributed by atoms with van der Waals surface area (Å²) >= 11 is 0. The number of aromatic amines is 4. The number of benzene rings is 4. The zero-order valence-corrected chi connectivity index (χ0v) is 77.6. The van der Waals surface area contributed by atoms with E-state index in [0.29, 0.717) is 64.0 Å². The van der Waals surface area contributed by atoms with Gasteiger partial charge in [0.05, 0.1) is 81.8 Å². The lowest BCUT2D eigenvalue weighted by atomic mass is 10.0. The number of amides is 4. The molecule has 7 fully saturated rings. The van der Waals surface area contributed by atoms with Crippen molar-refractivity contribution in [1.82, 2.24) is 95.4 Å². The van der Waals surface area contributed by atoms with Gasteiger partial charge >= 0.3 is 0 Å². The molecule has 0 bridgehead atoms. The Labute approximate surface area is 801 Å². The van der Waals surface area contributed by atoms with Crippen LogP contribution < -0.4 is 46.6 Å². The van der Waals surface area contributed by atoms with E-state index >= 15 is 0 Å². The molecule has 0 spiro atoms. The summed E-state index contributed by atoms with van der Waals surface area (Å²) in [5.41, 5.74) is 25.5. The molecule has 12 aromatic heterocycles. The molecule has 23 rings (SSSR count). The molecule has 0 atom stereocenters. The van der Waals surface area contributed by atoms with Crippen molar-refractivity contribution in [2.75, 3.05) is 138 Å². The maximum atomic E-state index is 13.6. The molecule has 4 aromatic carbocycles. The van der Waals surface area contributed by atoms with Crippen molar-refractivity contribution < 1.29 is 28.0 Å². The SMILES string of the molecule is Cc1cc(NC(=O)c2n[nH]c3ccc(-c4cncc(CN5CCCCC5)c4)cc23)cnc1N1CCC1.Nc1cncc(-c2ccc3[nH]nc(C(=O)Nc4ccc(N5CCCCC5)nc4)c3c2)c1.O=C(Nc1ccc(N2CCC2)nc1)c1n[nH]c2ccc(-c3cncc(CN4CCCCC4)c3)cc12.O=C(Nc1ccc(N2CCCC2)nc1)c1n[nH]c2ccc(-c3cncc(CN4CCC(F)(F)C4)c3)cc12. The van der Waals surface area contributed by atoms with Gasteiger partial charge in [-0.1, -0.05) is 37.1 Å². The third-order valence-corrected chi connectivity index (χ3v) is 26.7. The molecule has 7 aliphatic rings. The number of nitrogens with one attached hydrogen (secondary N) is 8. The Morgan fingerprint density at radius 3 is 0.971 bits per heavy atom. The number of likely N-dealkylation sites (tertiary alicyclic amines) is 3. The number of alkyl halides is 2. The van der Waals surface area contributed by atoms with Gasteiger partial charge < -0.3 is 46.6 Å². The smallest absolute Gasteiger partial charge is 0.276 e. The second-order valence-electron chi connectivity index (χ2n) is 36.9. The van der Waals surface area contributed by atoms with Crippen LogP contribution in [0.4, 0.5) is 60.5 Å². The molecule has 0 aliphatic carbocycles. The number of anilines is 9. The Kier molecular flexibility index (Phi) is 27.4. The van der Waals surface area contributed by atoms with Crippen LogP contribution in [0.1, 0.15) is 154 Å². The number of hydrogen-bond acceptors (Lipinski definition) is 24. The first-order valence-corrected chi connectivity index (χ1v) is 48.1. The van der Waals surface area contributed by atoms with Gasteiger partial charge in [0.2, 0.25) is 0 Å². The van der Waals surface area contributed by atoms with Crippen molar-refractivity contribution in [3.8, 4) is 44.5 Å². The van der Waals surface area contributed by atoms with E-state index in [1.54, 1.807) is 54.5 Å². The summed E-state index contributed by atoms with van der Waals surface area (Å²) in [6.07, 6.45) is 37.3. The fourth-order valence-electron chi connectivity index (χ4n) is 19.0. The molecule has 7 aliphatic heterocycles. The summed E-state index contributed by atoms with van der Waals surface area (Å²) in [5.74, 6) is 0.0356. The molecule has 10 N–H and O–H groups in total. The minimum Gasteiger partial charge on any atom is -0.397 e. The molecular weight excluding hydrogens is 1760 g/mol. The highest BCUT2D eigenvalue weighted by Crippen LogP contribution is 2.36. The first kappa shape index (κ1) is 91.3. The van der Waals surface area contributed by atoms with Crippen LogP contribution in [0.3, 0.4) is 0 Å². The van der Waals surface area contributed by atoms with Gasteiger partial charge in [-0.3, -0.25) is 74.2 Å². The second kappa shape index (κ2) is 41.6. The van der Waals surface area contributed by atoms with E-state index in [-0.39, 0.29) is 42.3 Å². The first-order chi connectivity index (χ1) is 68.0. The minimum atomic E-state index is -2.62. The quantitative estimate of drug-likeness (QED) is 0.0304. The Hall–Kier alpha value is -15.4. The summed E-state index contributed by atoms with van der Waals surface area (Å²) in [6.45, 7) is 17.3. The highest BCUT2D eigenvalue weighted by molar-refractivity contribution is 6.15. The number of nitrogens with two attached hydrogens (primary N) is 1. The van der Waals surface area contributed by atoms with E-state index in [2.05, 4.69) is 143 Å². The first-order valence-electron chi connectivity index (χ1n) is 48.1. The van der Waals surface area contributed by atoms with Gasteiger partial charge in [-0.25, -0.2) is 28.7 Å². The topological polar surface area (TPSA) is 383 Å². The normalized spacial score (nSPS) is 16.1. The number of halogens is 2. The molecule has 0 unspecified atom stereocenters. The Morgan fingerprint density at radius 1 is 0.324 bits per heavy atom. The van der Waals surface area contributed by atoms with Crippen LogP contribution in [0, 0.1) is 6.92 Å². The van der Waals surface area contributed by atoms with Crippen molar-refractivity contribution in [3.05, 3.63) is 259 Å². The van der Waals surface area contributed by atoms with Gasteiger partial charge in [0, 0.05) is 178 Å². The van der Waals surface area contributed by atoms with Gasteiger partial charge in [-0.05, 0) is 264 Å². The molecule has 16 aromatic rings. The van der Waals surface area contributed by atoms with Gasteiger partial charge in [0.25, 0.3) is 29.6 Å². The van der Waals surface area contributed by atoms with E-state index in [1.807, 2.05) is 159 Å². The van der Waals surface area contributed by atoms with Gasteiger partial charge in [0.15, 0.2) is 22.8 Å². The number of fused-ring (bicyclic) bond motifs is 4. The van der Waals surface area contributed by atoms with Crippen LogP contribution in [0.5, 0.6) is 0 Å². The molecule has 19 heterocycles. The number of aryl methyl sites for hydroxylation is 1. The van der Waals surface area contributed by atoms with Gasteiger partial charge in [0.1, 0.15) is 23.3 Å². The number of carbonyl (C=O) groups excluding carboxylic acids is 4. The van der Waals surface area contributed by atoms with E-state index < -0.39 is 5.92 Å². The molecule has 7 saturated heterocycles. The van der Waals surface area contributed by atoms with Gasteiger partial charge in [-0.2, -0.15) is 20.4 Å². The van der Waals surface area contributed by atoms with E-state index in [0.717, 1.165) is 209 Å². The highest BCUT2D eigenvalue weighted by Gasteiger charge is 2.38. The lowest BCUT2D eigenvalue weighted by Crippen LogP contribution is -2.38. The number of nitrogen functional groups attached to an aromatic ring is 1. The second-order valence-corrected chi connectivity index (χ2v) is 36.9. The lowest BCUT2D eigenvalue weighted by Gasteiger charge is -2.33. The molecule has 139 heavy (non-hydrogen) atoms. The number of piperidine rings is 3. The van der Waals surface area contributed by atoms with Crippen LogP contribution in [-0.2, 0) is 19.6 Å². The van der Waals surface area contributed by atoms with Crippen LogP contribution in [0.25, 0.3) is 88.1 Å². The minimum absolute atomic E-state index is 0.110. The average Bonchev–Trinajstić information content (AvgIpc) is 1.67. The maximum Gasteiger partial charge on any atom is 0.276 e. The monoisotopic (exact) mass is 1860 g/mol. The zero-order valence-electron chi connectivity index (χ0n) is 77.6. The zero-order chi connectivity index (χ0) is 94.7. The number of aromatic nitrogens is 16. The Morgan fingerprint density at radius 2 is 0.647 bits per heavy atom. The van der Waals surface area contributed by atoms with Crippen LogP contribution in [0.2, 0.25) is 0 Å². The number of carbonyl (C=O) groups is 4. The number of hydrogen-bond donors (Lipinski definition) is 9. The summed E-state index contributed by atoms with van der Waals surface area (Å²) in [4.78, 5) is 103. The van der Waals surface area contributed by atoms with E-state index in [4.69, 9.17) is 5.73 Å². The van der Waals surface area contributed by atoms with Crippen LogP contribution in [0.15, 0.2) is 214 Å².